The molecule has 1 atom stereocenters. The number of aryl methyl sites for hydroxylation is 1. The van der Waals surface area contributed by atoms with Crippen LogP contribution in [0.4, 0.5) is 4.39 Å². The second-order valence-electron chi connectivity index (χ2n) is 6.97. The fraction of sp³-hybridized carbons (Fsp3) is 0.174. The van der Waals surface area contributed by atoms with Crippen LogP contribution in [-0.2, 0) is 11.2 Å². The van der Waals surface area contributed by atoms with Gasteiger partial charge in [-0.1, -0.05) is 24.3 Å². The van der Waals surface area contributed by atoms with Crippen LogP contribution < -0.4 is 5.32 Å². The summed E-state index contributed by atoms with van der Waals surface area (Å²) in [6, 6.07) is 17.6. The molecule has 0 radical (unpaired) electrons. The Morgan fingerprint density at radius 1 is 1.13 bits per heavy atom. The molecule has 0 aliphatic rings. The first-order valence-electron chi connectivity index (χ1n) is 9.68. The van der Waals surface area contributed by atoms with E-state index in [1.165, 1.54) is 12.4 Å². The summed E-state index contributed by atoms with van der Waals surface area (Å²) in [6.45, 7) is 1.94. The lowest BCUT2D eigenvalue weighted by molar-refractivity contribution is -0.121. The maximum atomic E-state index is 13.9. The van der Waals surface area contributed by atoms with E-state index in [1.54, 1.807) is 41.3 Å². The van der Waals surface area contributed by atoms with Gasteiger partial charge in [-0.25, -0.2) is 14.1 Å². The number of hydrogen-bond donors (Lipinski definition) is 1. The van der Waals surface area contributed by atoms with Gasteiger partial charge in [0.25, 0.3) is 0 Å². The van der Waals surface area contributed by atoms with Gasteiger partial charge in [0.15, 0.2) is 0 Å². The Labute approximate surface area is 173 Å². The van der Waals surface area contributed by atoms with Crippen LogP contribution in [0.3, 0.4) is 0 Å². The van der Waals surface area contributed by atoms with Crippen molar-refractivity contribution in [2.75, 3.05) is 0 Å². The number of amides is 1. The molecule has 0 aliphatic carbocycles. The Kier molecular flexibility index (Phi) is 5.70. The van der Waals surface area contributed by atoms with Gasteiger partial charge in [-0.05, 0) is 48.9 Å². The summed E-state index contributed by atoms with van der Waals surface area (Å²) < 4.78 is 21.3. The summed E-state index contributed by atoms with van der Waals surface area (Å²) in [6.07, 6.45) is 3.84. The van der Waals surface area contributed by atoms with Crippen LogP contribution in [0.15, 0.2) is 77.7 Å². The molecular weight excluding hydrogens is 383 g/mol. The smallest absolute Gasteiger partial charge is 0.220 e. The van der Waals surface area contributed by atoms with Crippen LogP contribution in [0.25, 0.3) is 17.0 Å². The zero-order valence-electron chi connectivity index (χ0n) is 16.5. The van der Waals surface area contributed by atoms with Crippen molar-refractivity contribution >= 4 is 5.91 Å². The number of hydrogen-bond acceptors (Lipinski definition) is 4. The minimum Gasteiger partial charge on any atom is -0.461 e. The van der Waals surface area contributed by atoms with E-state index in [4.69, 9.17) is 4.42 Å². The van der Waals surface area contributed by atoms with E-state index in [2.05, 4.69) is 15.4 Å². The fourth-order valence-electron chi connectivity index (χ4n) is 3.21. The third-order valence-corrected chi connectivity index (χ3v) is 4.85. The molecule has 7 heteroatoms. The number of halogens is 1. The van der Waals surface area contributed by atoms with Gasteiger partial charge in [-0.15, -0.1) is 0 Å². The van der Waals surface area contributed by atoms with Crippen LogP contribution in [-0.4, -0.2) is 20.7 Å². The number of furan rings is 1. The molecule has 6 nitrogen and oxygen atoms in total. The zero-order valence-corrected chi connectivity index (χ0v) is 16.5. The molecule has 0 aliphatic heterocycles. The van der Waals surface area contributed by atoms with Crippen molar-refractivity contribution in [1.29, 1.82) is 0 Å². The Morgan fingerprint density at radius 3 is 2.67 bits per heavy atom. The van der Waals surface area contributed by atoms with Crippen molar-refractivity contribution in [2.24, 2.45) is 0 Å². The van der Waals surface area contributed by atoms with Gasteiger partial charge in [0.2, 0.25) is 5.91 Å². The van der Waals surface area contributed by atoms with Crippen molar-refractivity contribution in [1.82, 2.24) is 20.1 Å². The second kappa shape index (κ2) is 8.73. The Hall–Kier alpha value is -3.74. The molecule has 0 unspecified atom stereocenters. The van der Waals surface area contributed by atoms with Gasteiger partial charge in [-0.2, -0.15) is 5.10 Å². The summed E-state index contributed by atoms with van der Waals surface area (Å²) in [5, 5.41) is 7.09. The lowest BCUT2D eigenvalue weighted by Gasteiger charge is -2.14. The average Bonchev–Trinajstić information content (AvgIpc) is 3.45. The quantitative estimate of drug-likeness (QED) is 0.493. The van der Waals surface area contributed by atoms with Crippen molar-refractivity contribution in [3.8, 4) is 17.0 Å². The predicted octanol–water partition coefficient (Wildman–Crippen LogP) is 4.48. The van der Waals surface area contributed by atoms with Crippen LogP contribution >= 0.6 is 0 Å². The van der Waals surface area contributed by atoms with E-state index in [0.29, 0.717) is 23.5 Å². The summed E-state index contributed by atoms with van der Waals surface area (Å²) in [4.78, 5) is 16.3. The lowest BCUT2D eigenvalue weighted by atomic mass is 10.1. The molecular formula is C23H21FN4O2. The zero-order chi connectivity index (χ0) is 20.9. The van der Waals surface area contributed by atoms with Crippen LogP contribution in [0.5, 0.6) is 0 Å². The minimum absolute atomic E-state index is 0.0771. The summed E-state index contributed by atoms with van der Waals surface area (Å²) >= 11 is 0. The first kappa shape index (κ1) is 19.6. The Morgan fingerprint density at radius 2 is 1.93 bits per heavy atom. The highest BCUT2D eigenvalue weighted by Crippen LogP contribution is 2.25. The van der Waals surface area contributed by atoms with Crippen LogP contribution in [0.2, 0.25) is 0 Å². The van der Waals surface area contributed by atoms with E-state index < -0.39 is 0 Å². The molecule has 4 rings (SSSR count). The molecule has 4 aromatic rings. The maximum absolute atomic E-state index is 13.9. The fourth-order valence-corrected chi connectivity index (χ4v) is 3.21. The standard InChI is InChI=1S/C23H21FN4O2/c1-16(17-6-8-18(9-7-17)28-15-25-14-26-28)27-23(29)13-11-19-10-12-22(30-19)20-4-2-3-5-21(20)24/h2-10,12,14-16H,11,13H2,1H3,(H,27,29)/t16-/m0/s1. The first-order chi connectivity index (χ1) is 14.6. The largest absolute Gasteiger partial charge is 0.461 e. The highest BCUT2D eigenvalue weighted by molar-refractivity contribution is 5.76. The number of carbonyl (C=O) groups is 1. The third kappa shape index (κ3) is 4.46. The van der Waals surface area contributed by atoms with Crippen molar-refractivity contribution in [2.45, 2.75) is 25.8 Å². The van der Waals surface area contributed by atoms with E-state index in [1.807, 2.05) is 31.2 Å². The topological polar surface area (TPSA) is 73.0 Å². The number of benzene rings is 2. The number of carbonyl (C=O) groups excluding carboxylic acids is 1. The summed E-state index contributed by atoms with van der Waals surface area (Å²) in [5.74, 6) is 0.698. The molecule has 1 amide bonds. The minimum atomic E-state index is -0.334. The summed E-state index contributed by atoms with van der Waals surface area (Å²) in [5.41, 5.74) is 2.31. The molecule has 2 heterocycles. The molecule has 1 N–H and O–H groups in total. The van der Waals surface area contributed by atoms with E-state index >= 15 is 0 Å². The van der Waals surface area contributed by atoms with Gasteiger partial charge in [0, 0.05) is 12.8 Å². The lowest BCUT2D eigenvalue weighted by Crippen LogP contribution is -2.26. The van der Waals surface area contributed by atoms with Crippen LogP contribution in [0, 0.1) is 5.82 Å². The van der Waals surface area contributed by atoms with Gasteiger partial charge < -0.3 is 9.73 Å². The SMILES string of the molecule is C[C@H](NC(=O)CCc1ccc(-c2ccccc2F)o1)c1ccc(-n2cncn2)cc1. The monoisotopic (exact) mass is 404 g/mol. The maximum Gasteiger partial charge on any atom is 0.220 e. The molecule has 0 spiro atoms. The van der Waals surface area contributed by atoms with E-state index in [0.717, 1.165) is 11.3 Å². The predicted molar refractivity (Wildman–Crippen MR) is 110 cm³/mol. The van der Waals surface area contributed by atoms with Gasteiger partial charge in [0.1, 0.15) is 30.0 Å². The molecule has 30 heavy (non-hydrogen) atoms. The highest BCUT2D eigenvalue weighted by atomic mass is 19.1. The molecule has 0 saturated heterocycles. The average molecular weight is 404 g/mol. The Balaban J connectivity index is 1.31. The first-order valence-corrected chi connectivity index (χ1v) is 9.68. The highest BCUT2D eigenvalue weighted by Gasteiger charge is 2.13. The molecule has 2 aromatic heterocycles. The van der Waals surface area contributed by atoms with E-state index in [-0.39, 0.29) is 24.2 Å². The normalized spacial score (nSPS) is 11.9. The second-order valence-corrected chi connectivity index (χ2v) is 6.97. The number of rotatable bonds is 7. The van der Waals surface area contributed by atoms with Gasteiger partial charge in [0.05, 0.1) is 17.3 Å². The number of nitrogens with one attached hydrogen (secondary N) is 1. The van der Waals surface area contributed by atoms with Crippen molar-refractivity contribution < 1.29 is 13.6 Å². The number of nitrogens with zero attached hydrogens (tertiary/aromatic N) is 3. The third-order valence-electron chi connectivity index (χ3n) is 4.85. The van der Waals surface area contributed by atoms with Crippen molar-refractivity contribution in [3.63, 3.8) is 0 Å². The van der Waals surface area contributed by atoms with E-state index in [9.17, 15) is 9.18 Å². The summed E-state index contributed by atoms with van der Waals surface area (Å²) in [7, 11) is 0. The van der Waals surface area contributed by atoms with Crippen molar-refractivity contribution in [3.05, 3.63) is 90.5 Å². The molecule has 152 valence electrons. The van der Waals surface area contributed by atoms with Crippen LogP contribution in [0.1, 0.15) is 30.7 Å². The Bertz CT molecular complexity index is 1120. The molecule has 0 bridgehead atoms. The molecule has 2 aromatic carbocycles. The molecule has 0 saturated carbocycles. The van der Waals surface area contributed by atoms with Gasteiger partial charge >= 0.3 is 0 Å². The van der Waals surface area contributed by atoms with Gasteiger partial charge in [-0.3, -0.25) is 4.79 Å². The number of aromatic nitrogens is 3. The molecule has 0 fully saturated rings.